The lowest BCUT2D eigenvalue weighted by atomic mass is 10.5. The van der Waals surface area contributed by atoms with Crippen LogP contribution in [-0.2, 0) is 10.8 Å². The summed E-state index contributed by atoms with van der Waals surface area (Å²) >= 11 is 0. The average molecular weight is 240 g/mol. The van der Waals surface area contributed by atoms with Crippen molar-refractivity contribution in [2.75, 3.05) is 29.6 Å². The van der Waals surface area contributed by atoms with Gasteiger partial charge in [0.2, 0.25) is 5.95 Å². The smallest absolute Gasteiger partial charge is 0.224 e. The Morgan fingerprint density at radius 2 is 2.38 bits per heavy atom. The van der Waals surface area contributed by atoms with Crippen LogP contribution in [-0.4, -0.2) is 42.7 Å². The van der Waals surface area contributed by atoms with Gasteiger partial charge in [-0.25, -0.2) is 4.98 Å². The largest absolute Gasteiger partial charge is 0.368 e. The van der Waals surface area contributed by atoms with Gasteiger partial charge in [0.05, 0.1) is 6.33 Å². The topological polar surface area (TPSA) is 110 Å². The third-order valence-corrected chi connectivity index (χ3v) is 2.76. The van der Waals surface area contributed by atoms with Crippen molar-refractivity contribution in [3.8, 4) is 0 Å². The van der Waals surface area contributed by atoms with Crippen LogP contribution in [0.2, 0.25) is 0 Å². The van der Waals surface area contributed by atoms with Crippen LogP contribution in [0.5, 0.6) is 0 Å². The highest BCUT2D eigenvalue weighted by Crippen LogP contribution is 2.16. The number of aromatic nitrogens is 4. The van der Waals surface area contributed by atoms with Crippen LogP contribution < -0.4 is 11.1 Å². The first-order valence-electron chi connectivity index (χ1n) is 4.67. The average Bonchev–Trinajstić information content (AvgIpc) is 2.64. The molecular weight excluding hydrogens is 228 g/mol. The molecule has 0 aliphatic heterocycles. The van der Waals surface area contributed by atoms with Crippen LogP contribution in [0.1, 0.15) is 0 Å². The first-order chi connectivity index (χ1) is 7.66. The summed E-state index contributed by atoms with van der Waals surface area (Å²) < 4.78 is 10.9. The molecule has 1 unspecified atom stereocenters. The predicted molar refractivity (Wildman–Crippen MR) is 63.5 cm³/mol. The van der Waals surface area contributed by atoms with Crippen molar-refractivity contribution in [1.82, 2.24) is 19.9 Å². The molecule has 4 N–H and O–H groups in total. The van der Waals surface area contributed by atoms with Gasteiger partial charge in [0.25, 0.3) is 0 Å². The Morgan fingerprint density at radius 3 is 3.12 bits per heavy atom. The van der Waals surface area contributed by atoms with E-state index in [1.54, 1.807) is 6.26 Å². The van der Waals surface area contributed by atoms with E-state index in [2.05, 4.69) is 25.3 Å². The van der Waals surface area contributed by atoms with E-state index >= 15 is 0 Å². The molecule has 16 heavy (non-hydrogen) atoms. The van der Waals surface area contributed by atoms with Crippen molar-refractivity contribution in [3.05, 3.63) is 6.33 Å². The summed E-state index contributed by atoms with van der Waals surface area (Å²) in [4.78, 5) is 14.9. The first-order valence-corrected chi connectivity index (χ1v) is 6.40. The fourth-order valence-corrected chi connectivity index (χ4v) is 1.68. The third-order valence-electron chi connectivity index (χ3n) is 1.98. The van der Waals surface area contributed by atoms with E-state index in [0.717, 1.165) is 0 Å². The zero-order chi connectivity index (χ0) is 11.5. The number of fused-ring (bicyclic) bond motifs is 1. The molecule has 2 aromatic rings. The highest BCUT2D eigenvalue weighted by atomic mass is 32.2. The molecule has 86 valence electrons. The lowest BCUT2D eigenvalue weighted by molar-refractivity contribution is 0.687. The molecule has 0 spiro atoms. The molecule has 0 amide bonds. The van der Waals surface area contributed by atoms with Crippen LogP contribution in [0.15, 0.2) is 6.33 Å². The highest BCUT2D eigenvalue weighted by molar-refractivity contribution is 7.84. The van der Waals surface area contributed by atoms with Crippen molar-refractivity contribution in [2.45, 2.75) is 0 Å². The van der Waals surface area contributed by atoms with Gasteiger partial charge in [0.15, 0.2) is 11.5 Å². The number of anilines is 2. The van der Waals surface area contributed by atoms with Crippen molar-refractivity contribution in [1.29, 1.82) is 0 Å². The maximum absolute atomic E-state index is 10.9. The Bertz CT molecular complexity index is 524. The summed E-state index contributed by atoms with van der Waals surface area (Å²) in [6, 6.07) is 0. The Balaban J connectivity index is 2.22. The molecule has 0 bridgehead atoms. The fraction of sp³-hybridized carbons (Fsp3) is 0.375. The van der Waals surface area contributed by atoms with Crippen LogP contribution in [0.25, 0.3) is 11.2 Å². The number of nitrogens with one attached hydrogen (secondary N) is 2. The van der Waals surface area contributed by atoms with Crippen LogP contribution >= 0.6 is 0 Å². The number of nitrogens with zero attached hydrogens (tertiary/aromatic N) is 3. The van der Waals surface area contributed by atoms with Gasteiger partial charge in [-0.2, -0.15) is 9.97 Å². The summed E-state index contributed by atoms with van der Waals surface area (Å²) in [5.41, 5.74) is 6.76. The van der Waals surface area contributed by atoms with E-state index in [0.29, 0.717) is 29.3 Å². The standard InChI is InChI=1S/C8H12N6OS/c1-16(15)3-2-10-6-5-7(12-4-11-5)14-8(9)13-6/h4H,2-3H2,1H3,(H4,9,10,11,12,13,14). The summed E-state index contributed by atoms with van der Waals surface area (Å²) in [5.74, 6) is 1.31. The van der Waals surface area contributed by atoms with Gasteiger partial charge < -0.3 is 16.0 Å². The monoisotopic (exact) mass is 240 g/mol. The number of imidazole rings is 1. The first kappa shape index (κ1) is 10.8. The van der Waals surface area contributed by atoms with Crippen molar-refractivity contribution in [3.63, 3.8) is 0 Å². The van der Waals surface area contributed by atoms with Gasteiger partial charge >= 0.3 is 0 Å². The van der Waals surface area contributed by atoms with Gasteiger partial charge in [-0.05, 0) is 0 Å². The number of nitrogen functional groups attached to an aromatic ring is 1. The number of hydrogen-bond acceptors (Lipinski definition) is 6. The van der Waals surface area contributed by atoms with E-state index < -0.39 is 10.8 Å². The van der Waals surface area contributed by atoms with Gasteiger partial charge in [-0.15, -0.1) is 0 Å². The summed E-state index contributed by atoms with van der Waals surface area (Å²) in [6.45, 7) is 0.563. The van der Waals surface area contributed by atoms with E-state index in [4.69, 9.17) is 5.73 Å². The van der Waals surface area contributed by atoms with E-state index in [1.807, 2.05) is 0 Å². The van der Waals surface area contributed by atoms with Crippen molar-refractivity contribution in [2.24, 2.45) is 0 Å². The quantitative estimate of drug-likeness (QED) is 0.678. The molecular formula is C8H12N6OS. The second kappa shape index (κ2) is 4.44. The Labute approximate surface area is 94.3 Å². The normalized spacial score (nSPS) is 12.8. The molecule has 2 rings (SSSR count). The lowest BCUT2D eigenvalue weighted by Crippen LogP contribution is -2.12. The minimum absolute atomic E-state index is 0.166. The summed E-state index contributed by atoms with van der Waals surface area (Å²) in [6.07, 6.45) is 3.18. The van der Waals surface area contributed by atoms with Crippen molar-refractivity contribution < 1.29 is 4.21 Å². The molecule has 0 aliphatic carbocycles. The molecule has 8 heteroatoms. The zero-order valence-corrected chi connectivity index (χ0v) is 9.54. The fourth-order valence-electron chi connectivity index (χ4n) is 1.29. The number of hydrogen-bond donors (Lipinski definition) is 3. The van der Waals surface area contributed by atoms with Crippen LogP contribution in [0.4, 0.5) is 11.8 Å². The van der Waals surface area contributed by atoms with Gasteiger partial charge in [-0.1, -0.05) is 0 Å². The van der Waals surface area contributed by atoms with Gasteiger partial charge in [0.1, 0.15) is 5.52 Å². The lowest BCUT2D eigenvalue weighted by Gasteiger charge is -2.05. The molecule has 2 heterocycles. The maximum Gasteiger partial charge on any atom is 0.224 e. The highest BCUT2D eigenvalue weighted by Gasteiger charge is 2.07. The molecule has 1 atom stereocenters. The van der Waals surface area contributed by atoms with E-state index in [9.17, 15) is 4.21 Å². The van der Waals surface area contributed by atoms with E-state index in [-0.39, 0.29) is 5.95 Å². The van der Waals surface area contributed by atoms with Crippen LogP contribution in [0.3, 0.4) is 0 Å². The Kier molecular flexibility index (Phi) is 3.00. The van der Waals surface area contributed by atoms with Crippen LogP contribution in [0, 0.1) is 0 Å². The maximum atomic E-state index is 10.9. The Morgan fingerprint density at radius 1 is 1.56 bits per heavy atom. The number of rotatable bonds is 4. The molecule has 0 aliphatic rings. The molecule has 0 fully saturated rings. The molecule has 0 saturated carbocycles. The summed E-state index contributed by atoms with van der Waals surface area (Å²) in [5, 5.41) is 3.05. The number of nitrogens with two attached hydrogens (primary N) is 1. The molecule has 0 aromatic carbocycles. The number of H-pyrrole nitrogens is 1. The van der Waals surface area contributed by atoms with Gasteiger partial charge in [0, 0.05) is 29.4 Å². The molecule has 7 nitrogen and oxygen atoms in total. The molecule has 0 radical (unpaired) electrons. The van der Waals surface area contributed by atoms with Crippen molar-refractivity contribution >= 4 is 33.7 Å². The minimum Gasteiger partial charge on any atom is -0.368 e. The van der Waals surface area contributed by atoms with Gasteiger partial charge in [-0.3, -0.25) is 4.21 Å². The van der Waals surface area contributed by atoms with E-state index in [1.165, 1.54) is 6.33 Å². The molecule has 2 aromatic heterocycles. The predicted octanol–water partition coefficient (Wildman–Crippen LogP) is -0.275. The second-order valence-electron chi connectivity index (χ2n) is 3.24. The Hall–Kier alpha value is -1.70. The summed E-state index contributed by atoms with van der Waals surface area (Å²) in [7, 11) is -0.832. The third kappa shape index (κ3) is 2.27. The molecule has 0 saturated heterocycles. The number of aromatic amines is 1. The second-order valence-corrected chi connectivity index (χ2v) is 4.79. The zero-order valence-electron chi connectivity index (χ0n) is 8.73. The minimum atomic E-state index is -0.832. The SMILES string of the molecule is CS(=O)CCNc1nc(N)nc2nc[nH]c12.